The fourth-order valence-electron chi connectivity index (χ4n) is 2.17. The van der Waals surface area contributed by atoms with Gasteiger partial charge >= 0.3 is 6.18 Å². The highest BCUT2D eigenvalue weighted by atomic mass is 19.4. The number of pyridine rings is 1. The molecule has 1 heterocycles. The van der Waals surface area contributed by atoms with Crippen LogP contribution < -0.4 is 5.73 Å². The van der Waals surface area contributed by atoms with E-state index in [2.05, 4.69) is 4.98 Å². The third-order valence-corrected chi connectivity index (χ3v) is 3.31. The van der Waals surface area contributed by atoms with Crippen molar-refractivity contribution in [3.63, 3.8) is 0 Å². The Hall–Kier alpha value is -1.95. The van der Waals surface area contributed by atoms with Crippen molar-refractivity contribution >= 4 is 0 Å². The second kappa shape index (κ2) is 5.81. The lowest BCUT2D eigenvalue weighted by Gasteiger charge is -2.17. The number of hydrogen-bond acceptors (Lipinski definition) is 2. The molecule has 0 fully saturated rings. The summed E-state index contributed by atoms with van der Waals surface area (Å²) in [5.41, 5.74) is 6.48. The van der Waals surface area contributed by atoms with Gasteiger partial charge in [-0.25, -0.2) is 4.39 Å². The zero-order valence-corrected chi connectivity index (χ0v) is 11.3. The molecule has 1 atom stereocenters. The van der Waals surface area contributed by atoms with Crippen LogP contribution in [0, 0.1) is 5.82 Å². The van der Waals surface area contributed by atoms with Gasteiger partial charge in [-0.05, 0) is 41.3 Å². The van der Waals surface area contributed by atoms with E-state index in [9.17, 15) is 17.6 Å². The quantitative estimate of drug-likeness (QED) is 0.874. The van der Waals surface area contributed by atoms with Crippen LogP contribution in [0.1, 0.15) is 35.2 Å². The third kappa shape index (κ3) is 3.21. The zero-order chi connectivity index (χ0) is 15.6. The van der Waals surface area contributed by atoms with E-state index in [1.807, 2.05) is 6.92 Å². The smallest absolute Gasteiger partial charge is 0.320 e. The summed E-state index contributed by atoms with van der Waals surface area (Å²) in [6.07, 6.45) is -0.929. The monoisotopic (exact) mass is 298 g/mol. The molecule has 6 heteroatoms. The van der Waals surface area contributed by atoms with Gasteiger partial charge in [0.1, 0.15) is 5.82 Å². The summed E-state index contributed by atoms with van der Waals surface area (Å²) in [6.45, 7) is 1.90. The topological polar surface area (TPSA) is 38.9 Å². The molecule has 0 radical (unpaired) electrons. The minimum atomic E-state index is -4.74. The van der Waals surface area contributed by atoms with Gasteiger partial charge in [-0.1, -0.05) is 13.0 Å². The third-order valence-electron chi connectivity index (χ3n) is 3.31. The predicted octanol–water partition coefficient (Wildman–Crippen LogP) is 3.85. The SMILES string of the molecule is CCc1cnccc1C(N)c1ccc(F)c(C(F)(F)F)c1. The van der Waals surface area contributed by atoms with Crippen LogP contribution in [0.3, 0.4) is 0 Å². The Morgan fingerprint density at radius 2 is 1.95 bits per heavy atom. The van der Waals surface area contributed by atoms with Crippen LogP contribution in [0.15, 0.2) is 36.7 Å². The lowest BCUT2D eigenvalue weighted by molar-refractivity contribution is -0.140. The second-order valence-corrected chi connectivity index (χ2v) is 4.64. The minimum absolute atomic E-state index is 0.213. The molecule has 0 bridgehead atoms. The summed E-state index contributed by atoms with van der Waals surface area (Å²) in [4.78, 5) is 3.97. The predicted molar refractivity (Wildman–Crippen MR) is 71.0 cm³/mol. The fourth-order valence-corrected chi connectivity index (χ4v) is 2.17. The average molecular weight is 298 g/mol. The number of alkyl halides is 3. The Balaban J connectivity index is 2.47. The van der Waals surface area contributed by atoms with E-state index in [0.29, 0.717) is 12.0 Å². The summed E-state index contributed by atoms with van der Waals surface area (Å²) >= 11 is 0. The van der Waals surface area contributed by atoms with E-state index in [-0.39, 0.29) is 5.56 Å². The van der Waals surface area contributed by atoms with Gasteiger partial charge in [0.05, 0.1) is 11.6 Å². The molecule has 0 aliphatic rings. The van der Waals surface area contributed by atoms with Crippen molar-refractivity contribution in [3.8, 4) is 0 Å². The molecule has 1 aromatic carbocycles. The van der Waals surface area contributed by atoms with Crippen molar-refractivity contribution in [2.45, 2.75) is 25.6 Å². The molecule has 0 aliphatic heterocycles. The Bertz CT molecular complexity index is 638. The first-order chi connectivity index (χ1) is 9.84. The fraction of sp³-hybridized carbons (Fsp3) is 0.267. The average Bonchev–Trinajstić information content (AvgIpc) is 2.45. The lowest BCUT2D eigenvalue weighted by atomic mass is 9.94. The van der Waals surface area contributed by atoms with Crippen LogP contribution in [0.4, 0.5) is 17.6 Å². The highest BCUT2D eigenvalue weighted by Gasteiger charge is 2.34. The molecule has 2 aromatic rings. The van der Waals surface area contributed by atoms with E-state index in [4.69, 9.17) is 5.73 Å². The van der Waals surface area contributed by atoms with Gasteiger partial charge in [0.15, 0.2) is 0 Å². The molecule has 0 saturated heterocycles. The maximum Gasteiger partial charge on any atom is 0.419 e. The van der Waals surface area contributed by atoms with Crippen molar-refractivity contribution in [1.29, 1.82) is 0 Å². The molecule has 2 nitrogen and oxygen atoms in total. The minimum Gasteiger partial charge on any atom is -0.320 e. The van der Waals surface area contributed by atoms with Crippen molar-refractivity contribution < 1.29 is 17.6 Å². The Kier molecular flexibility index (Phi) is 4.27. The molecule has 0 spiro atoms. The van der Waals surface area contributed by atoms with Gasteiger partial charge in [0.25, 0.3) is 0 Å². The molecular weight excluding hydrogens is 284 g/mol. The van der Waals surface area contributed by atoms with Crippen LogP contribution in [-0.4, -0.2) is 4.98 Å². The number of hydrogen-bond donors (Lipinski definition) is 1. The van der Waals surface area contributed by atoms with Gasteiger partial charge in [0.2, 0.25) is 0 Å². The van der Waals surface area contributed by atoms with Crippen LogP contribution >= 0.6 is 0 Å². The van der Waals surface area contributed by atoms with E-state index in [1.54, 1.807) is 12.3 Å². The summed E-state index contributed by atoms with van der Waals surface area (Å²) in [6, 6.07) is 3.74. The first kappa shape index (κ1) is 15.4. The van der Waals surface area contributed by atoms with Gasteiger partial charge in [-0.15, -0.1) is 0 Å². The number of rotatable bonds is 3. The largest absolute Gasteiger partial charge is 0.419 e. The van der Waals surface area contributed by atoms with Crippen molar-refractivity contribution in [3.05, 3.63) is 64.7 Å². The summed E-state index contributed by atoms with van der Waals surface area (Å²) < 4.78 is 51.6. The summed E-state index contributed by atoms with van der Waals surface area (Å²) in [7, 11) is 0. The highest BCUT2D eigenvalue weighted by Crippen LogP contribution is 2.34. The first-order valence-electron chi connectivity index (χ1n) is 6.39. The molecule has 21 heavy (non-hydrogen) atoms. The molecule has 1 aromatic heterocycles. The number of halogens is 4. The highest BCUT2D eigenvalue weighted by molar-refractivity contribution is 5.38. The van der Waals surface area contributed by atoms with Gasteiger partial charge < -0.3 is 5.73 Å². The van der Waals surface area contributed by atoms with Crippen LogP contribution in [0.5, 0.6) is 0 Å². The molecule has 0 saturated carbocycles. The number of aromatic nitrogens is 1. The maximum atomic E-state index is 13.3. The first-order valence-corrected chi connectivity index (χ1v) is 6.39. The molecule has 112 valence electrons. The maximum absolute atomic E-state index is 13.3. The molecule has 2 rings (SSSR count). The van der Waals surface area contributed by atoms with Crippen LogP contribution in [0.25, 0.3) is 0 Å². The molecular formula is C15H14F4N2. The van der Waals surface area contributed by atoms with Crippen molar-refractivity contribution in [2.75, 3.05) is 0 Å². The Morgan fingerprint density at radius 1 is 1.24 bits per heavy atom. The Morgan fingerprint density at radius 3 is 2.57 bits per heavy atom. The normalized spacial score (nSPS) is 13.2. The molecule has 1 unspecified atom stereocenters. The van der Waals surface area contributed by atoms with Crippen LogP contribution in [0.2, 0.25) is 0 Å². The molecule has 2 N–H and O–H groups in total. The van der Waals surface area contributed by atoms with Gasteiger partial charge in [-0.3, -0.25) is 4.98 Å². The van der Waals surface area contributed by atoms with Crippen LogP contribution in [-0.2, 0) is 12.6 Å². The summed E-state index contributed by atoms with van der Waals surface area (Å²) in [5.74, 6) is -1.30. The summed E-state index contributed by atoms with van der Waals surface area (Å²) in [5, 5.41) is 0. The van der Waals surface area contributed by atoms with E-state index in [1.165, 1.54) is 12.3 Å². The van der Waals surface area contributed by atoms with E-state index < -0.39 is 23.6 Å². The number of aryl methyl sites for hydroxylation is 1. The van der Waals surface area contributed by atoms with Gasteiger partial charge in [0, 0.05) is 12.4 Å². The number of nitrogens with two attached hydrogens (primary N) is 1. The van der Waals surface area contributed by atoms with Crippen molar-refractivity contribution in [2.24, 2.45) is 5.73 Å². The molecule has 0 amide bonds. The van der Waals surface area contributed by atoms with Crippen molar-refractivity contribution in [1.82, 2.24) is 4.98 Å². The van der Waals surface area contributed by atoms with Gasteiger partial charge in [-0.2, -0.15) is 13.2 Å². The second-order valence-electron chi connectivity index (χ2n) is 4.64. The van der Waals surface area contributed by atoms with E-state index >= 15 is 0 Å². The number of benzene rings is 1. The number of nitrogens with zero attached hydrogens (tertiary/aromatic N) is 1. The standard InChI is InChI=1S/C15H14F4N2/c1-2-9-8-21-6-5-11(9)14(20)10-3-4-13(16)12(7-10)15(17,18)19/h3-8,14H,2,20H2,1H3. The van der Waals surface area contributed by atoms with E-state index in [0.717, 1.165) is 17.7 Å². The lowest BCUT2D eigenvalue weighted by Crippen LogP contribution is -2.16. The molecule has 0 aliphatic carbocycles. The Labute approximate surface area is 119 Å². The zero-order valence-electron chi connectivity index (χ0n) is 11.3.